The van der Waals surface area contributed by atoms with Gasteiger partial charge in [-0.25, -0.2) is 13.2 Å². The fourth-order valence-corrected chi connectivity index (χ4v) is 4.26. The second-order valence-corrected chi connectivity index (χ2v) is 7.52. The Morgan fingerprint density at radius 2 is 1.41 bits per heavy atom. The molecule has 1 unspecified atom stereocenters. The van der Waals surface area contributed by atoms with Gasteiger partial charge in [0.1, 0.15) is 11.9 Å². The highest BCUT2D eigenvalue weighted by atomic mass is 19.2. The first-order chi connectivity index (χ1) is 13.1. The van der Waals surface area contributed by atoms with Gasteiger partial charge in [-0.15, -0.1) is 0 Å². The van der Waals surface area contributed by atoms with Crippen molar-refractivity contribution in [3.05, 3.63) is 76.1 Å². The van der Waals surface area contributed by atoms with E-state index in [1.165, 1.54) is 0 Å². The Morgan fingerprint density at radius 3 is 2.00 bits per heavy atom. The second kappa shape index (κ2) is 7.51. The Labute approximate surface area is 157 Å². The van der Waals surface area contributed by atoms with Gasteiger partial charge in [0.15, 0.2) is 11.6 Å². The van der Waals surface area contributed by atoms with Gasteiger partial charge in [0.05, 0.1) is 6.61 Å². The van der Waals surface area contributed by atoms with Gasteiger partial charge in [-0.3, -0.25) is 0 Å². The first kappa shape index (κ1) is 18.3. The van der Waals surface area contributed by atoms with E-state index in [2.05, 4.69) is 0 Å². The van der Waals surface area contributed by atoms with Gasteiger partial charge in [-0.05, 0) is 67.2 Å². The van der Waals surface area contributed by atoms with E-state index in [0.29, 0.717) is 17.7 Å². The lowest BCUT2D eigenvalue weighted by Crippen LogP contribution is -2.15. The third-order valence-corrected chi connectivity index (χ3v) is 5.81. The maximum absolute atomic E-state index is 14.5. The molecule has 2 aromatic carbocycles. The minimum Gasteiger partial charge on any atom is -0.368 e. The SMILES string of the molecule is C/C=C/c1ccc(C2CCC(c3ccc(C4CO4)c(F)c3F)CC2)c(F)c1. The van der Waals surface area contributed by atoms with Crippen molar-refractivity contribution in [2.24, 2.45) is 0 Å². The molecular formula is C23H23F3O. The van der Waals surface area contributed by atoms with Crippen molar-refractivity contribution in [2.75, 3.05) is 6.61 Å². The van der Waals surface area contributed by atoms with Crippen LogP contribution in [0.1, 0.15) is 72.8 Å². The largest absolute Gasteiger partial charge is 0.368 e. The van der Waals surface area contributed by atoms with E-state index in [9.17, 15) is 13.2 Å². The van der Waals surface area contributed by atoms with Gasteiger partial charge in [0.25, 0.3) is 0 Å². The minimum atomic E-state index is -0.775. The molecule has 0 amide bonds. The topological polar surface area (TPSA) is 12.5 Å². The average Bonchev–Trinajstić information content (AvgIpc) is 3.50. The third kappa shape index (κ3) is 3.68. The molecule has 4 rings (SSSR count). The van der Waals surface area contributed by atoms with Crippen molar-refractivity contribution in [1.29, 1.82) is 0 Å². The molecule has 1 saturated heterocycles. The zero-order chi connectivity index (χ0) is 19.0. The molecule has 1 aliphatic heterocycles. The van der Waals surface area contributed by atoms with Crippen LogP contribution in [0.5, 0.6) is 0 Å². The highest BCUT2D eigenvalue weighted by molar-refractivity contribution is 5.50. The maximum atomic E-state index is 14.5. The van der Waals surface area contributed by atoms with E-state index < -0.39 is 11.6 Å². The Balaban J connectivity index is 1.47. The van der Waals surface area contributed by atoms with E-state index in [-0.39, 0.29) is 23.8 Å². The molecule has 1 saturated carbocycles. The third-order valence-electron chi connectivity index (χ3n) is 5.81. The van der Waals surface area contributed by atoms with Crippen LogP contribution < -0.4 is 0 Å². The van der Waals surface area contributed by atoms with Gasteiger partial charge in [-0.1, -0.05) is 36.4 Å². The van der Waals surface area contributed by atoms with Crippen LogP contribution in [-0.2, 0) is 4.74 Å². The van der Waals surface area contributed by atoms with Gasteiger partial charge in [-0.2, -0.15) is 0 Å². The molecule has 0 N–H and O–H groups in total. The number of rotatable bonds is 4. The van der Waals surface area contributed by atoms with Crippen LogP contribution >= 0.6 is 0 Å². The van der Waals surface area contributed by atoms with Crippen LogP contribution in [0.15, 0.2) is 36.4 Å². The molecule has 2 aromatic rings. The lowest BCUT2D eigenvalue weighted by atomic mass is 9.75. The van der Waals surface area contributed by atoms with E-state index in [0.717, 1.165) is 36.8 Å². The van der Waals surface area contributed by atoms with Gasteiger partial charge in [0, 0.05) is 5.56 Å². The van der Waals surface area contributed by atoms with E-state index in [4.69, 9.17) is 4.74 Å². The number of hydrogen-bond acceptors (Lipinski definition) is 1. The van der Waals surface area contributed by atoms with Gasteiger partial charge >= 0.3 is 0 Å². The molecule has 1 atom stereocenters. The highest BCUT2D eigenvalue weighted by Crippen LogP contribution is 2.43. The summed E-state index contributed by atoms with van der Waals surface area (Å²) < 4.78 is 48.4. The number of ether oxygens (including phenoxy) is 1. The number of halogens is 3. The summed E-state index contributed by atoms with van der Waals surface area (Å²) in [6, 6.07) is 8.71. The van der Waals surface area contributed by atoms with Crippen LogP contribution in [0.3, 0.4) is 0 Å². The fourth-order valence-electron chi connectivity index (χ4n) is 4.26. The minimum absolute atomic E-state index is 0.0183. The first-order valence-corrected chi connectivity index (χ1v) is 9.60. The van der Waals surface area contributed by atoms with E-state index in [1.807, 2.05) is 31.2 Å². The summed E-state index contributed by atoms with van der Waals surface area (Å²) in [5.41, 5.74) is 2.34. The maximum Gasteiger partial charge on any atom is 0.165 e. The fraction of sp³-hybridized carbons (Fsp3) is 0.391. The molecule has 0 aromatic heterocycles. The quantitative estimate of drug-likeness (QED) is 0.547. The molecular weight excluding hydrogens is 349 g/mol. The molecule has 0 bridgehead atoms. The van der Waals surface area contributed by atoms with Crippen molar-refractivity contribution in [3.8, 4) is 0 Å². The van der Waals surface area contributed by atoms with Crippen molar-refractivity contribution >= 4 is 6.08 Å². The molecule has 1 heterocycles. The summed E-state index contributed by atoms with van der Waals surface area (Å²) in [5, 5.41) is 0. The van der Waals surface area contributed by atoms with Crippen LogP contribution in [0, 0.1) is 17.5 Å². The Kier molecular flexibility index (Phi) is 5.09. The lowest BCUT2D eigenvalue weighted by Gasteiger charge is -2.29. The number of allylic oxidation sites excluding steroid dienone is 1. The molecule has 1 nitrogen and oxygen atoms in total. The number of benzene rings is 2. The summed E-state index contributed by atoms with van der Waals surface area (Å²) >= 11 is 0. The lowest BCUT2D eigenvalue weighted by molar-refractivity contribution is 0.370. The molecule has 0 radical (unpaired) electrons. The highest BCUT2D eigenvalue weighted by Gasteiger charge is 2.32. The molecule has 0 spiro atoms. The predicted octanol–water partition coefficient (Wildman–Crippen LogP) is 6.65. The smallest absolute Gasteiger partial charge is 0.165 e. The van der Waals surface area contributed by atoms with Crippen LogP contribution in [0.25, 0.3) is 6.08 Å². The molecule has 2 fully saturated rings. The standard InChI is InChI=1S/C23H23F3O/c1-2-3-14-4-9-17(20(24)12-14)15-5-7-16(8-6-15)18-10-11-19(21-13-27-21)23(26)22(18)25/h2-4,9-12,15-16,21H,5-8,13H2,1H3/b3-2+. The molecule has 142 valence electrons. The zero-order valence-electron chi connectivity index (χ0n) is 15.4. The summed E-state index contributed by atoms with van der Waals surface area (Å²) in [5.74, 6) is -1.58. The average molecular weight is 372 g/mol. The normalized spacial score (nSPS) is 25.1. The van der Waals surface area contributed by atoms with Crippen molar-refractivity contribution < 1.29 is 17.9 Å². The van der Waals surface area contributed by atoms with E-state index >= 15 is 0 Å². The van der Waals surface area contributed by atoms with Crippen LogP contribution in [0.4, 0.5) is 13.2 Å². The van der Waals surface area contributed by atoms with Crippen LogP contribution in [-0.4, -0.2) is 6.61 Å². The van der Waals surface area contributed by atoms with Gasteiger partial charge in [0.2, 0.25) is 0 Å². The molecule has 4 heteroatoms. The molecule has 2 aliphatic rings. The molecule has 27 heavy (non-hydrogen) atoms. The summed E-state index contributed by atoms with van der Waals surface area (Å²) in [7, 11) is 0. The Morgan fingerprint density at radius 1 is 0.852 bits per heavy atom. The van der Waals surface area contributed by atoms with Gasteiger partial charge < -0.3 is 4.74 Å². The zero-order valence-corrected chi connectivity index (χ0v) is 15.4. The summed E-state index contributed by atoms with van der Waals surface area (Å²) in [4.78, 5) is 0. The van der Waals surface area contributed by atoms with Crippen molar-refractivity contribution in [2.45, 2.75) is 50.5 Å². The Hall–Kier alpha value is -2.07. The van der Waals surface area contributed by atoms with Crippen LogP contribution in [0.2, 0.25) is 0 Å². The predicted molar refractivity (Wildman–Crippen MR) is 100 cm³/mol. The number of epoxide rings is 1. The summed E-state index contributed by atoms with van der Waals surface area (Å²) in [6.45, 7) is 2.36. The monoisotopic (exact) mass is 372 g/mol. The van der Waals surface area contributed by atoms with Crippen molar-refractivity contribution in [3.63, 3.8) is 0 Å². The van der Waals surface area contributed by atoms with Crippen molar-refractivity contribution in [1.82, 2.24) is 0 Å². The second-order valence-electron chi connectivity index (χ2n) is 7.52. The summed E-state index contributed by atoms with van der Waals surface area (Å²) in [6.07, 6.45) is 6.48. The first-order valence-electron chi connectivity index (χ1n) is 9.60. The van der Waals surface area contributed by atoms with E-state index in [1.54, 1.807) is 18.2 Å². The number of hydrogen-bond donors (Lipinski definition) is 0. The Bertz CT molecular complexity index is 862. The molecule has 1 aliphatic carbocycles.